The summed E-state index contributed by atoms with van der Waals surface area (Å²) in [6, 6.07) is 0.000509. The van der Waals surface area contributed by atoms with Crippen LogP contribution in [0.1, 0.15) is 51.9 Å². The van der Waals surface area contributed by atoms with E-state index in [-0.39, 0.29) is 11.6 Å². The Kier molecular flexibility index (Phi) is 5.14. The minimum atomic E-state index is -0.141. The molecule has 86 valence electrons. The molecule has 0 spiro atoms. The van der Waals surface area contributed by atoms with Gasteiger partial charge in [-0.05, 0) is 19.8 Å². The molecule has 2 N–H and O–H groups in total. The molecule has 1 rings (SSSR count). The van der Waals surface area contributed by atoms with Crippen LogP contribution in [0.2, 0.25) is 0 Å². The van der Waals surface area contributed by atoms with Crippen molar-refractivity contribution in [3.05, 3.63) is 0 Å². The highest BCUT2D eigenvalue weighted by molar-refractivity contribution is 5.00. The number of hydrogen-bond donors (Lipinski definition) is 1. The fraction of sp³-hybridized carbons (Fsp3) is 0.846. The van der Waals surface area contributed by atoms with Crippen molar-refractivity contribution in [3.63, 3.8) is 0 Å². The van der Waals surface area contributed by atoms with Crippen LogP contribution in [0.4, 0.5) is 0 Å². The Bertz CT molecular complexity index is 211. The van der Waals surface area contributed by atoms with Gasteiger partial charge in [0, 0.05) is 19.1 Å². The summed E-state index contributed by atoms with van der Waals surface area (Å²) in [5.41, 5.74) is 6.04. The van der Waals surface area contributed by atoms with Gasteiger partial charge in [-0.25, -0.2) is 0 Å². The Balaban J connectivity index is 2.70. The van der Waals surface area contributed by atoms with Crippen molar-refractivity contribution in [2.75, 3.05) is 6.61 Å². The Morgan fingerprint density at radius 2 is 1.93 bits per heavy atom. The SMILES string of the molecule is C#CCC(N)C1(OCC)CCCCCC1. The first-order valence-electron chi connectivity index (χ1n) is 6.08. The third kappa shape index (κ3) is 3.22. The van der Waals surface area contributed by atoms with E-state index in [4.69, 9.17) is 16.9 Å². The standard InChI is InChI=1S/C13H23NO/c1-3-9-12(14)13(15-4-2)10-7-5-6-8-11-13/h1,12H,4-11,14H2,2H3. The predicted molar refractivity (Wildman–Crippen MR) is 63.5 cm³/mol. The van der Waals surface area contributed by atoms with Gasteiger partial charge in [0.2, 0.25) is 0 Å². The highest BCUT2D eigenvalue weighted by atomic mass is 16.5. The Hall–Kier alpha value is -0.520. The van der Waals surface area contributed by atoms with Gasteiger partial charge in [-0.3, -0.25) is 0 Å². The summed E-state index contributed by atoms with van der Waals surface area (Å²) in [4.78, 5) is 0. The van der Waals surface area contributed by atoms with E-state index in [0.717, 1.165) is 19.4 Å². The average molecular weight is 209 g/mol. The molecule has 0 aromatic heterocycles. The van der Waals surface area contributed by atoms with Crippen LogP contribution in [0, 0.1) is 12.3 Å². The molecule has 2 heteroatoms. The molecular weight excluding hydrogens is 186 g/mol. The van der Waals surface area contributed by atoms with E-state index in [1.54, 1.807) is 0 Å². The maximum Gasteiger partial charge on any atom is 0.0841 e. The lowest BCUT2D eigenvalue weighted by Gasteiger charge is -2.37. The summed E-state index contributed by atoms with van der Waals surface area (Å²) in [7, 11) is 0. The minimum absolute atomic E-state index is 0.000509. The van der Waals surface area contributed by atoms with Crippen LogP contribution < -0.4 is 5.73 Å². The topological polar surface area (TPSA) is 35.2 Å². The zero-order chi connectivity index (χ0) is 11.1. The summed E-state index contributed by atoms with van der Waals surface area (Å²) in [6.45, 7) is 2.77. The number of ether oxygens (including phenoxy) is 1. The molecule has 0 aliphatic heterocycles. The van der Waals surface area contributed by atoms with Crippen molar-refractivity contribution < 1.29 is 4.74 Å². The van der Waals surface area contributed by atoms with E-state index in [1.807, 2.05) is 6.92 Å². The number of terminal acetylenes is 1. The first-order valence-corrected chi connectivity index (χ1v) is 6.08. The first-order chi connectivity index (χ1) is 7.25. The van der Waals surface area contributed by atoms with Crippen LogP contribution in [0.3, 0.4) is 0 Å². The minimum Gasteiger partial charge on any atom is -0.374 e. The predicted octanol–water partition coefficient (Wildman–Crippen LogP) is 2.47. The zero-order valence-electron chi connectivity index (χ0n) is 9.80. The zero-order valence-corrected chi connectivity index (χ0v) is 9.80. The van der Waals surface area contributed by atoms with Crippen molar-refractivity contribution in [1.29, 1.82) is 0 Å². The molecule has 0 aromatic rings. The molecule has 2 nitrogen and oxygen atoms in total. The van der Waals surface area contributed by atoms with Crippen LogP contribution in [0.15, 0.2) is 0 Å². The molecule has 0 radical (unpaired) electrons. The van der Waals surface area contributed by atoms with Crippen molar-refractivity contribution in [1.82, 2.24) is 0 Å². The summed E-state index contributed by atoms with van der Waals surface area (Å²) in [6.07, 6.45) is 13.2. The monoisotopic (exact) mass is 209 g/mol. The third-order valence-corrected chi connectivity index (χ3v) is 3.40. The van der Waals surface area contributed by atoms with E-state index in [0.29, 0.717) is 6.42 Å². The molecule has 0 saturated heterocycles. The van der Waals surface area contributed by atoms with Gasteiger partial charge >= 0.3 is 0 Å². The molecule has 15 heavy (non-hydrogen) atoms. The summed E-state index contributed by atoms with van der Waals surface area (Å²) in [5.74, 6) is 2.66. The second-order valence-corrected chi connectivity index (χ2v) is 4.43. The van der Waals surface area contributed by atoms with Gasteiger partial charge in [0.1, 0.15) is 0 Å². The van der Waals surface area contributed by atoms with Crippen molar-refractivity contribution in [2.24, 2.45) is 5.73 Å². The van der Waals surface area contributed by atoms with Crippen LogP contribution in [-0.2, 0) is 4.74 Å². The molecule has 1 fully saturated rings. The van der Waals surface area contributed by atoms with Crippen LogP contribution in [0.5, 0.6) is 0 Å². The summed E-state index contributed by atoms with van der Waals surface area (Å²) in [5, 5.41) is 0. The van der Waals surface area contributed by atoms with Crippen LogP contribution in [0.25, 0.3) is 0 Å². The van der Waals surface area contributed by atoms with E-state index in [1.165, 1.54) is 25.7 Å². The van der Waals surface area contributed by atoms with Crippen molar-refractivity contribution in [2.45, 2.75) is 63.5 Å². The highest BCUT2D eigenvalue weighted by Crippen LogP contribution is 2.33. The largest absolute Gasteiger partial charge is 0.374 e. The fourth-order valence-electron chi connectivity index (χ4n) is 2.55. The van der Waals surface area contributed by atoms with Crippen LogP contribution in [-0.4, -0.2) is 18.2 Å². The van der Waals surface area contributed by atoms with Crippen LogP contribution >= 0.6 is 0 Å². The van der Waals surface area contributed by atoms with Gasteiger partial charge in [-0.1, -0.05) is 25.7 Å². The maximum atomic E-state index is 6.18. The normalized spacial score (nSPS) is 22.7. The van der Waals surface area contributed by atoms with E-state index < -0.39 is 0 Å². The lowest BCUT2D eigenvalue weighted by atomic mass is 9.85. The Labute approximate surface area is 93.6 Å². The molecule has 0 aromatic carbocycles. The van der Waals surface area contributed by atoms with E-state index in [9.17, 15) is 0 Å². The number of hydrogen-bond acceptors (Lipinski definition) is 2. The van der Waals surface area contributed by atoms with Gasteiger partial charge in [-0.2, -0.15) is 0 Å². The maximum absolute atomic E-state index is 6.18. The molecule has 1 atom stereocenters. The summed E-state index contributed by atoms with van der Waals surface area (Å²) >= 11 is 0. The second-order valence-electron chi connectivity index (χ2n) is 4.43. The molecule has 1 unspecified atom stereocenters. The molecule has 0 bridgehead atoms. The van der Waals surface area contributed by atoms with E-state index >= 15 is 0 Å². The Morgan fingerprint density at radius 3 is 2.40 bits per heavy atom. The molecule has 1 aliphatic carbocycles. The van der Waals surface area contributed by atoms with Gasteiger partial charge < -0.3 is 10.5 Å². The lowest BCUT2D eigenvalue weighted by molar-refractivity contribution is -0.0674. The van der Waals surface area contributed by atoms with Gasteiger partial charge in [-0.15, -0.1) is 12.3 Å². The molecule has 0 amide bonds. The van der Waals surface area contributed by atoms with Gasteiger partial charge in [0.25, 0.3) is 0 Å². The first kappa shape index (κ1) is 12.5. The van der Waals surface area contributed by atoms with E-state index in [2.05, 4.69) is 5.92 Å². The van der Waals surface area contributed by atoms with Gasteiger partial charge in [0.05, 0.1) is 5.60 Å². The number of nitrogens with two attached hydrogens (primary N) is 1. The molecular formula is C13H23NO. The third-order valence-electron chi connectivity index (χ3n) is 3.40. The highest BCUT2D eigenvalue weighted by Gasteiger charge is 2.37. The Morgan fingerprint density at radius 1 is 1.33 bits per heavy atom. The van der Waals surface area contributed by atoms with Gasteiger partial charge in [0.15, 0.2) is 0 Å². The molecule has 1 saturated carbocycles. The van der Waals surface area contributed by atoms with Crippen molar-refractivity contribution in [3.8, 4) is 12.3 Å². The fourth-order valence-corrected chi connectivity index (χ4v) is 2.55. The average Bonchev–Trinajstić information content (AvgIpc) is 2.45. The molecule has 1 aliphatic rings. The number of rotatable bonds is 4. The molecule has 0 heterocycles. The smallest absolute Gasteiger partial charge is 0.0841 e. The summed E-state index contributed by atoms with van der Waals surface area (Å²) < 4.78 is 5.94. The quantitative estimate of drug-likeness (QED) is 0.570. The van der Waals surface area contributed by atoms with Crippen molar-refractivity contribution >= 4 is 0 Å². The lowest BCUT2D eigenvalue weighted by Crippen LogP contribution is -2.49. The second kappa shape index (κ2) is 6.15.